The van der Waals surface area contributed by atoms with Gasteiger partial charge in [-0.1, -0.05) is 37.5 Å². The molecular formula is C20H21ClFORb. The maximum absolute atomic E-state index is 14.0. The minimum atomic E-state index is -0.431. The van der Waals surface area contributed by atoms with E-state index in [2.05, 4.69) is 13.0 Å². The van der Waals surface area contributed by atoms with Crippen molar-refractivity contribution in [3.05, 3.63) is 53.3 Å². The Labute approximate surface area is 197 Å². The van der Waals surface area contributed by atoms with Gasteiger partial charge < -0.3 is 4.74 Å². The van der Waals surface area contributed by atoms with Crippen LogP contribution in [0.4, 0.5) is 4.39 Å². The van der Waals surface area contributed by atoms with Gasteiger partial charge in [0.05, 0.1) is 6.61 Å². The summed E-state index contributed by atoms with van der Waals surface area (Å²) in [5, 5.41) is 0.0225. The SMILES string of the molecule is CC1CCC(COc2ccc(-c3cc[c-]c(Cl)c3F)cc2)CC1.[Rb+]. The summed E-state index contributed by atoms with van der Waals surface area (Å²) in [6.45, 7) is 3.09. The second kappa shape index (κ2) is 9.82. The summed E-state index contributed by atoms with van der Waals surface area (Å²) in [5.41, 5.74) is 1.28. The van der Waals surface area contributed by atoms with Gasteiger partial charge in [0, 0.05) is 5.82 Å². The average Bonchev–Trinajstić information content (AvgIpc) is 2.57. The molecule has 0 spiro atoms. The Morgan fingerprint density at radius 2 is 1.79 bits per heavy atom. The predicted octanol–water partition coefficient (Wildman–Crippen LogP) is 3.16. The van der Waals surface area contributed by atoms with E-state index >= 15 is 0 Å². The Kier molecular flexibility index (Phi) is 8.42. The van der Waals surface area contributed by atoms with Crippen LogP contribution in [-0.4, -0.2) is 6.61 Å². The molecule has 1 nitrogen and oxygen atoms in total. The summed E-state index contributed by atoms with van der Waals surface area (Å²) in [6.07, 6.45) is 5.11. The van der Waals surface area contributed by atoms with Crippen molar-refractivity contribution in [3.8, 4) is 16.9 Å². The topological polar surface area (TPSA) is 9.23 Å². The van der Waals surface area contributed by atoms with Gasteiger partial charge in [0.15, 0.2) is 0 Å². The molecule has 1 aliphatic carbocycles. The first kappa shape index (κ1) is 20.6. The van der Waals surface area contributed by atoms with Crippen molar-refractivity contribution in [1.82, 2.24) is 0 Å². The molecule has 0 aliphatic heterocycles. The molecule has 3 rings (SSSR count). The first-order valence-electron chi connectivity index (χ1n) is 8.22. The number of benzene rings is 2. The number of halogens is 2. The normalized spacial score (nSPS) is 20.3. The van der Waals surface area contributed by atoms with Crippen LogP contribution in [0.1, 0.15) is 32.6 Å². The fourth-order valence-electron chi connectivity index (χ4n) is 3.12. The van der Waals surface area contributed by atoms with Crippen LogP contribution in [0, 0.1) is 23.7 Å². The van der Waals surface area contributed by atoms with Crippen LogP contribution in [0.25, 0.3) is 11.1 Å². The van der Waals surface area contributed by atoms with Crippen molar-refractivity contribution in [2.75, 3.05) is 6.61 Å². The fraction of sp³-hybridized carbons (Fsp3) is 0.400. The number of ether oxygens (including phenoxy) is 1. The summed E-state index contributed by atoms with van der Waals surface area (Å²) < 4.78 is 19.9. The average molecular weight is 417 g/mol. The van der Waals surface area contributed by atoms with Gasteiger partial charge in [0.1, 0.15) is 5.75 Å². The third-order valence-corrected chi connectivity index (χ3v) is 4.95. The third kappa shape index (κ3) is 5.38. The first-order chi connectivity index (χ1) is 11.1. The smallest absolute Gasteiger partial charge is 0.493 e. The maximum atomic E-state index is 14.0. The Balaban J connectivity index is 0.00000208. The van der Waals surface area contributed by atoms with E-state index in [0.29, 0.717) is 11.5 Å². The molecule has 1 fully saturated rings. The molecular weight excluding hydrogens is 396 g/mol. The molecule has 0 heterocycles. The zero-order valence-corrected chi connectivity index (χ0v) is 20.0. The number of rotatable bonds is 4. The second-order valence-corrected chi connectivity index (χ2v) is 6.86. The summed E-state index contributed by atoms with van der Waals surface area (Å²) >= 11 is 5.79. The van der Waals surface area contributed by atoms with Crippen LogP contribution in [0.3, 0.4) is 0 Å². The molecule has 0 atom stereocenters. The van der Waals surface area contributed by atoms with Gasteiger partial charge in [0.25, 0.3) is 0 Å². The fourth-order valence-corrected chi connectivity index (χ4v) is 3.28. The molecule has 1 saturated carbocycles. The van der Waals surface area contributed by atoms with Crippen molar-refractivity contribution in [2.24, 2.45) is 11.8 Å². The van der Waals surface area contributed by atoms with E-state index in [4.69, 9.17) is 16.3 Å². The maximum Gasteiger partial charge on any atom is 1.00 e. The van der Waals surface area contributed by atoms with Crippen LogP contribution < -0.4 is 62.9 Å². The number of hydrogen-bond donors (Lipinski definition) is 0. The van der Waals surface area contributed by atoms with E-state index in [-0.39, 0.29) is 63.2 Å². The van der Waals surface area contributed by atoms with Gasteiger partial charge in [-0.25, -0.2) is 0 Å². The molecule has 24 heavy (non-hydrogen) atoms. The predicted molar refractivity (Wildman–Crippen MR) is 92.3 cm³/mol. The molecule has 0 bridgehead atoms. The molecule has 2 aromatic carbocycles. The Morgan fingerprint density at radius 3 is 2.46 bits per heavy atom. The molecule has 0 radical (unpaired) electrons. The van der Waals surface area contributed by atoms with E-state index < -0.39 is 5.82 Å². The molecule has 122 valence electrons. The van der Waals surface area contributed by atoms with Crippen molar-refractivity contribution in [1.29, 1.82) is 0 Å². The van der Waals surface area contributed by atoms with Crippen LogP contribution in [-0.2, 0) is 0 Å². The molecule has 0 saturated heterocycles. The Bertz CT molecular complexity index is 651. The molecule has 0 amide bonds. The molecule has 2 aromatic rings. The molecule has 0 unspecified atom stereocenters. The van der Waals surface area contributed by atoms with E-state index in [1.807, 2.05) is 24.3 Å². The molecule has 4 heteroatoms. The van der Waals surface area contributed by atoms with Crippen LogP contribution in [0.2, 0.25) is 5.02 Å². The van der Waals surface area contributed by atoms with Crippen molar-refractivity contribution < 1.29 is 67.3 Å². The van der Waals surface area contributed by atoms with E-state index in [1.165, 1.54) is 25.7 Å². The summed E-state index contributed by atoms with van der Waals surface area (Å²) in [5.74, 6) is 1.92. The number of hydrogen-bond acceptors (Lipinski definition) is 1. The Hall–Kier alpha value is 0.265. The minimum absolute atomic E-state index is 0. The van der Waals surface area contributed by atoms with Crippen molar-refractivity contribution in [2.45, 2.75) is 32.6 Å². The van der Waals surface area contributed by atoms with Crippen molar-refractivity contribution >= 4 is 11.6 Å². The largest absolute Gasteiger partial charge is 1.00 e. The van der Waals surface area contributed by atoms with E-state index in [1.54, 1.807) is 12.1 Å². The molecule has 0 N–H and O–H groups in total. The standard InChI is InChI=1S/C20H21ClFO.Rb/c1-14-5-7-15(8-6-14)13-23-17-11-9-16(10-12-17)18-3-2-4-19(21)20(18)22;/h2-3,9-12,14-15H,5-8,13H2,1H3;/q-1;+1. The van der Waals surface area contributed by atoms with Crippen LogP contribution in [0.5, 0.6) is 5.75 Å². The first-order valence-corrected chi connectivity index (χ1v) is 8.60. The van der Waals surface area contributed by atoms with Gasteiger partial charge in [0.2, 0.25) is 0 Å². The van der Waals surface area contributed by atoms with Crippen LogP contribution in [0.15, 0.2) is 36.4 Å². The van der Waals surface area contributed by atoms with Gasteiger partial charge in [-0.3, -0.25) is 4.39 Å². The zero-order valence-electron chi connectivity index (χ0n) is 14.3. The quantitative estimate of drug-likeness (QED) is 0.695. The van der Waals surface area contributed by atoms with Gasteiger partial charge in [-0.05, 0) is 47.4 Å². The van der Waals surface area contributed by atoms with Gasteiger partial charge in [-0.15, -0.1) is 11.6 Å². The molecule has 0 aromatic heterocycles. The summed E-state index contributed by atoms with van der Waals surface area (Å²) in [6, 6.07) is 13.5. The second-order valence-electron chi connectivity index (χ2n) is 6.48. The zero-order chi connectivity index (χ0) is 16.2. The van der Waals surface area contributed by atoms with E-state index in [0.717, 1.165) is 23.8 Å². The minimum Gasteiger partial charge on any atom is -0.493 e. The Morgan fingerprint density at radius 1 is 1.12 bits per heavy atom. The monoisotopic (exact) mass is 416 g/mol. The van der Waals surface area contributed by atoms with Gasteiger partial charge >= 0.3 is 58.2 Å². The van der Waals surface area contributed by atoms with Crippen LogP contribution >= 0.6 is 11.6 Å². The van der Waals surface area contributed by atoms with Crippen molar-refractivity contribution in [3.63, 3.8) is 0 Å². The summed E-state index contributed by atoms with van der Waals surface area (Å²) in [7, 11) is 0. The van der Waals surface area contributed by atoms with E-state index in [9.17, 15) is 4.39 Å². The molecule has 1 aliphatic rings. The summed E-state index contributed by atoms with van der Waals surface area (Å²) in [4.78, 5) is 0. The van der Waals surface area contributed by atoms with Gasteiger partial charge in [-0.2, -0.15) is 18.2 Å². The third-order valence-electron chi connectivity index (χ3n) is 4.68.